The van der Waals surface area contributed by atoms with Crippen molar-refractivity contribution in [3.8, 4) is 10.4 Å². The fraction of sp³-hybridized carbons (Fsp3) is 0.150. The highest BCUT2D eigenvalue weighted by Crippen LogP contribution is 2.33. The van der Waals surface area contributed by atoms with Crippen LogP contribution in [0.4, 0.5) is 0 Å². The number of fused-ring (bicyclic) bond motifs is 1. The lowest BCUT2D eigenvalue weighted by Crippen LogP contribution is -2.26. The number of carbonyl (C=O) groups is 1. The van der Waals surface area contributed by atoms with Gasteiger partial charge in [-0.05, 0) is 53.8 Å². The molecule has 4 heteroatoms. The molecule has 1 aromatic heterocycles. The zero-order chi connectivity index (χ0) is 16.5. The highest BCUT2D eigenvalue weighted by molar-refractivity contribution is 7.17. The molecule has 0 saturated heterocycles. The Morgan fingerprint density at radius 2 is 1.96 bits per heavy atom. The minimum Gasteiger partial charge on any atom is -0.345 e. The lowest BCUT2D eigenvalue weighted by atomic mass is 10.1. The van der Waals surface area contributed by atoms with Gasteiger partial charge in [0.1, 0.15) is 0 Å². The monoisotopic (exact) mass is 353 g/mol. The fourth-order valence-corrected chi connectivity index (χ4v) is 4.29. The molecule has 0 fully saturated rings. The summed E-state index contributed by atoms with van der Waals surface area (Å²) in [7, 11) is 0. The number of benzene rings is 2. The van der Waals surface area contributed by atoms with Crippen molar-refractivity contribution in [2.75, 3.05) is 0 Å². The molecule has 1 aliphatic carbocycles. The molecule has 1 atom stereocenters. The van der Waals surface area contributed by atoms with Crippen LogP contribution in [0, 0.1) is 0 Å². The van der Waals surface area contributed by atoms with Crippen LogP contribution < -0.4 is 5.32 Å². The molecule has 0 saturated carbocycles. The second-order valence-corrected chi connectivity index (χ2v) is 7.46. The van der Waals surface area contributed by atoms with Crippen molar-refractivity contribution < 1.29 is 4.79 Å². The molecule has 3 aromatic rings. The van der Waals surface area contributed by atoms with Crippen LogP contribution in [0.2, 0.25) is 5.02 Å². The van der Waals surface area contributed by atoms with E-state index in [4.69, 9.17) is 11.6 Å². The Kier molecular flexibility index (Phi) is 4.13. The van der Waals surface area contributed by atoms with E-state index in [1.807, 2.05) is 42.5 Å². The van der Waals surface area contributed by atoms with Gasteiger partial charge in [0.2, 0.25) is 0 Å². The number of aryl methyl sites for hydroxylation is 1. The van der Waals surface area contributed by atoms with E-state index in [1.165, 1.54) is 22.5 Å². The molecule has 0 bridgehead atoms. The van der Waals surface area contributed by atoms with Crippen molar-refractivity contribution in [2.24, 2.45) is 0 Å². The zero-order valence-electron chi connectivity index (χ0n) is 13.0. The van der Waals surface area contributed by atoms with E-state index in [0.29, 0.717) is 5.02 Å². The summed E-state index contributed by atoms with van der Waals surface area (Å²) < 4.78 is 0. The lowest BCUT2D eigenvalue weighted by molar-refractivity contribution is 0.0941. The number of carbonyl (C=O) groups excluding carboxylic acids is 1. The van der Waals surface area contributed by atoms with Gasteiger partial charge >= 0.3 is 0 Å². The minimum atomic E-state index is -0.00465. The third-order valence-corrected chi connectivity index (χ3v) is 5.75. The zero-order valence-corrected chi connectivity index (χ0v) is 14.5. The summed E-state index contributed by atoms with van der Waals surface area (Å²) in [5.41, 5.74) is 3.63. The summed E-state index contributed by atoms with van der Waals surface area (Å²) in [4.78, 5) is 14.4. The number of thiophene rings is 1. The first-order valence-electron chi connectivity index (χ1n) is 7.95. The Morgan fingerprint density at radius 3 is 2.83 bits per heavy atom. The molecule has 1 heterocycles. The summed E-state index contributed by atoms with van der Waals surface area (Å²) in [5.74, 6) is -0.00465. The fourth-order valence-electron chi connectivity index (χ4n) is 3.19. The van der Waals surface area contributed by atoms with Gasteiger partial charge in [-0.2, -0.15) is 0 Å². The molecule has 24 heavy (non-hydrogen) atoms. The summed E-state index contributed by atoms with van der Waals surface area (Å²) >= 11 is 7.55. The Balaban J connectivity index is 1.52. The van der Waals surface area contributed by atoms with E-state index in [0.717, 1.165) is 28.2 Å². The van der Waals surface area contributed by atoms with E-state index in [9.17, 15) is 4.79 Å². The van der Waals surface area contributed by atoms with Gasteiger partial charge in [-0.25, -0.2) is 0 Å². The van der Waals surface area contributed by atoms with Gasteiger partial charge in [0.05, 0.1) is 10.9 Å². The largest absolute Gasteiger partial charge is 0.345 e. The first kappa shape index (κ1) is 15.4. The van der Waals surface area contributed by atoms with Crippen LogP contribution in [-0.2, 0) is 6.42 Å². The molecule has 1 aliphatic rings. The molecule has 0 spiro atoms. The smallest absolute Gasteiger partial charge is 0.261 e. The molecule has 1 unspecified atom stereocenters. The topological polar surface area (TPSA) is 29.1 Å². The van der Waals surface area contributed by atoms with Crippen molar-refractivity contribution in [1.82, 2.24) is 5.32 Å². The molecular formula is C20H16ClNOS. The van der Waals surface area contributed by atoms with E-state index in [2.05, 4.69) is 23.5 Å². The summed E-state index contributed by atoms with van der Waals surface area (Å²) in [5, 5.41) is 3.88. The maximum atomic E-state index is 12.6. The molecule has 2 aromatic carbocycles. The standard InChI is InChI=1S/C20H16ClNOS/c21-15-6-3-5-14(12-15)18-10-11-19(24-18)20(23)22-17-9-8-13-4-1-2-7-16(13)17/h1-7,10-12,17H,8-9H2,(H,22,23). The number of hydrogen-bond acceptors (Lipinski definition) is 2. The van der Waals surface area contributed by atoms with Gasteiger partial charge in [-0.3, -0.25) is 4.79 Å². The minimum absolute atomic E-state index is 0.00465. The molecule has 1 N–H and O–H groups in total. The van der Waals surface area contributed by atoms with Gasteiger partial charge in [-0.15, -0.1) is 11.3 Å². The lowest BCUT2D eigenvalue weighted by Gasteiger charge is -2.13. The van der Waals surface area contributed by atoms with E-state index in [1.54, 1.807) is 0 Å². The van der Waals surface area contributed by atoms with Crippen LogP contribution in [0.25, 0.3) is 10.4 Å². The van der Waals surface area contributed by atoms with Crippen LogP contribution in [0.5, 0.6) is 0 Å². The van der Waals surface area contributed by atoms with Crippen molar-refractivity contribution in [3.63, 3.8) is 0 Å². The second kappa shape index (κ2) is 6.42. The molecular weight excluding hydrogens is 338 g/mol. The first-order valence-corrected chi connectivity index (χ1v) is 9.14. The van der Waals surface area contributed by atoms with Crippen LogP contribution in [-0.4, -0.2) is 5.91 Å². The average molecular weight is 354 g/mol. The first-order chi connectivity index (χ1) is 11.7. The highest BCUT2D eigenvalue weighted by atomic mass is 35.5. The third-order valence-electron chi connectivity index (χ3n) is 4.38. The number of amides is 1. The van der Waals surface area contributed by atoms with Crippen LogP contribution >= 0.6 is 22.9 Å². The number of nitrogens with one attached hydrogen (secondary N) is 1. The van der Waals surface area contributed by atoms with Crippen LogP contribution in [0.15, 0.2) is 60.7 Å². The highest BCUT2D eigenvalue weighted by Gasteiger charge is 2.24. The normalized spacial score (nSPS) is 16.0. The van der Waals surface area contributed by atoms with E-state index >= 15 is 0 Å². The number of halogens is 1. The predicted molar refractivity (Wildman–Crippen MR) is 99.7 cm³/mol. The quantitative estimate of drug-likeness (QED) is 0.663. The Hall–Kier alpha value is -2.10. The number of hydrogen-bond donors (Lipinski definition) is 1. The summed E-state index contributed by atoms with van der Waals surface area (Å²) in [6, 6.07) is 20.0. The molecule has 4 rings (SSSR count). The van der Waals surface area contributed by atoms with E-state index in [-0.39, 0.29) is 11.9 Å². The predicted octanol–water partition coefficient (Wildman–Crippen LogP) is 5.49. The Morgan fingerprint density at radius 1 is 1.08 bits per heavy atom. The maximum absolute atomic E-state index is 12.6. The van der Waals surface area contributed by atoms with Crippen molar-refractivity contribution in [3.05, 3.63) is 81.7 Å². The molecule has 2 nitrogen and oxygen atoms in total. The summed E-state index contributed by atoms with van der Waals surface area (Å²) in [6.07, 6.45) is 2.00. The third kappa shape index (κ3) is 2.97. The average Bonchev–Trinajstić information content (AvgIpc) is 3.23. The Bertz CT molecular complexity index is 902. The van der Waals surface area contributed by atoms with Gasteiger partial charge < -0.3 is 5.32 Å². The molecule has 0 aliphatic heterocycles. The van der Waals surface area contributed by atoms with Gasteiger partial charge in [0, 0.05) is 9.90 Å². The summed E-state index contributed by atoms with van der Waals surface area (Å²) in [6.45, 7) is 0. The van der Waals surface area contributed by atoms with Crippen molar-refractivity contribution in [2.45, 2.75) is 18.9 Å². The second-order valence-electron chi connectivity index (χ2n) is 5.94. The maximum Gasteiger partial charge on any atom is 0.261 e. The molecule has 120 valence electrons. The van der Waals surface area contributed by atoms with Gasteiger partial charge in [-0.1, -0.05) is 48.0 Å². The van der Waals surface area contributed by atoms with Crippen LogP contribution in [0.3, 0.4) is 0 Å². The van der Waals surface area contributed by atoms with Crippen molar-refractivity contribution in [1.29, 1.82) is 0 Å². The van der Waals surface area contributed by atoms with Gasteiger partial charge in [0.25, 0.3) is 5.91 Å². The molecule has 0 radical (unpaired) electrons. The number of rotatable bonds is 3. The SMILES string of the molecule is O=C(NC1CCc2ccccc21)c1ccc(-c2cccc(Cl)c2)s1. The van der Waals surface area contributed by atoms with Crippen molar-refractivity contribution >= 4 is 28.8 Å². The Labute approximate surface area is 150 Å². The van der Waals surface area contributed by atoms with E-state index < -0.39 is 0 Å². The van der Waals surface area contributed by atoms with Gasteiger partial charge in [0.15, 0.2) is 0 Å². The van der Waals surface area contributed by atoms with Crippen LogP contribution in [0.1, 0.15) is 33.3 Å². The molecule has 1 amide bonds.